The summed E-state index contributed by atoms with van der Waals surface area (Å²) in [6, 6.07) is 1.84. The van der Waals surface area contributed by atoms with Crippen LogP contribution in [-0.4, -0.2) is 23.6 Å². The van der Waals surface area contributed by atoms with Crippen LogP contribution in [0.3, 0.4) is 0 Å². The first kappa shape index (κ1) is 15.7. The molecule has 0 aliphatic rings. The number of ether oxygens (including phenoxy) is 1. The first-order chi connectivity index (χ1) is 9.11. The molecule has 1 aromatic rings. The van der Waals surface area contributed by atoms with Crippen LogP contribution in [0.15, 0.2) is 6.07 Å². The second-order valence-electron chi connectivity index (χ2n) is 5.37. The molecule has 108 valence electrons. The van der Waals surface area contributed by atoms with Crippen LogP contribution in [0.1, 0.15) is 51.8 Å². The third kappa shape index (κ3) is 6.99. The van der Waals surface area contributed by atoms with Crippen molar-refractivity contribution in [3.8, 4) is 5.88 Å². The van der Waals surface area contributed by atoms with Crippen molar-refractivity contribution in [2.45, 2.75) is 52.9 Å². The van der Waals surface area contributed by atoms with E-state index >= 15 is 0 Å². The van der Waals surface area contributed by atoms with Gasteiger partial charge in [-0.05, 0) is 19.3 Å². The van der Waals surface area contributed by atoms with E-state index in [-0.39, 0.29) is 0 Å². The Bertz CT molecular complexity index is 366. The second-order valence-corrected chi connectivity index (χ2v) is 5.37. The summed E-state index contributed by atoms with van der Waals surface area (Å²) in [4.78, 5) is 8.50. The van der Waals surface area contributed by atoms with E-state index in [9.17, 15) is 0 Å². The fourth-order valence-corrected chi connectivity index (χ4v) is 1.98. The number of unbranched alkanes of at least 4 members (excludes halogenated alkanes) is 3. The van der Waals surface area contributed by atoms with E-state index in [0.717, 1.165) is 24.1 Å². The molecule has 0 aliphatic carbocycles. The molecule has 4 nitrogen and oxygen atoms in total. The SMILES string of the molecule is COc1cc(NCCCCCCC(C)C)nc(C)n1. The molecule has 0 radical (unpaired) electrons. The summed E-state index contributed by atoms with van der Waals surface area (Å²) in [6.45, 7) is 7.40. The van der Waals surface area contributed by atoms with Crippen LogP contribution in [0, 0.1) is 12.8 Å². The van der Waals surface area contributed by atoms with Gasteiger partial charge in [0.1, 0.15) is 11.6 Å². The number of hydrogen-bond acceptors (Lipinski definition) is 4. The first-order valence-corrected chi connectivity index (χ1v) is 7.25. The van der Waals surface area contributed by atoms with Gasteiger partial charge in [0.25, 0.3) is 0 Å². The Labute approximate surface area is 117 Å². The van der Waals surface area contributed by atoms with Gasteiger partial charge in [-0.1, -0.05) is 39.5 Å². The van der Waals surface area contributed by atoms with Gasteiger partial charge in [0.2, 0.25) is 5.88 Å². The average Bonchev–Trinajstić information content (AvgIpc) is 2.36. The molecular weight excluding hydrogens is 238 g/mol. The van der Waals surface area contributed by atoms with Gasteiger partial charge in [0.15, 0.2) is 0 Å². The highest BCUT2D eigenvalue weighted by atomic mass is 16.5. The molecule has 0 aromatic carbocycles. The van der Waals surface area contributed by atoms with E-state index in [4.69, 9.17) is 4.74 Å². The molecule has 1 N–H and O–H groups in total. The Morgan fingerprint density at radius 1 is 1.16 bits per heavy atom. The minimum Gasteiger partial charge on any atom is -0.481 e. The summed E-state index contributed by atoms with van der Waals surface area (Å²) in [5.41, 5.74) is 0. The molecule has 0 atom stereocenters. The van der Waals surface area contributed by atoms with Crippen LogP contribution < -0.4 is 10.1 Å². The third-order valence-electron chi connectivity index (χ3n) is 3.04. The van der Waals surface area contributed by atoms with Gasteiger partial charge < -0.3 is 10.1 Å². The molecule has 19 heavy (non-hydrogen) atoms. The summed E-state index contributed by atoms with van der Waals surface area (Å²) < 4.78 is 5.13. The van der Waals surface area contributed by atoms with Gasteiger partial charge in [0.05, 0.1) is 7.11 Å². The molecular formula is C15H27N3O. The fraction of sp³-hybridized carbons (Fsp3) is 0.733. The minimum absolute atomic E-state index is 0.618. The molecule has 0 saturated carbocycles. The Morgan fingerprint density at radius 2 is 1.89 bits per heavy atom. The Hall–Kier alpha value is -1.32. The lowest BCUT2D eigenvalue weighted by Gasteiger charge is -2.08. The van der Waals surface area contributed by atoms with E-state index in [1.165, 1.54) is 32.1 Å². The summed E-state index contributed by atoms with van der Waals surface area (Å²) >= 11 is 0. The fourth-order valence-electron chi connectivity index (χ4n) is 1.98. The number of aryl methyl sites for hydroxylation is 1. The highest BCUT2D eigenvalue weighted by molar-refractivity contribution is 5.38. The van der Waals surface area contributed by atoms with Crippen LogP contribution in [0.25, 0.3) is 0 Å². The molecule has 0 bridgehead atoms. The zero-order valence-corrected chi connectivity index (χ0v) is 12.7. The van der Waals surface area contributed by atoms with Gasteiger partial charge >= 0.3 is 0 Å². The van der Waals surface area contributed by atoms with Crippen molar-refractivity contribution in [2.24, 2.45) is 5.92 Å². The van der Waals surface area contributed by atoms with E-state index in [0.29, 0.717) is 5.88 Å². The van der Waals surface area contributed by atoms with Gasteiger partial charge in [-0.3, -0.25) is 0 Å². The first-order valence-electron chi connectivity index (χ1n) is 7.25. The topological polar surface area (TPSA) is 47.0 Å². The predicted octanol–water partition coefficient (Wildman–Crippen LogP) is 3.81. The molecule has 0 fully saturated rings. The van der Waals surface area contributed by atoms with E-state index < -0.39 is 0 Å². The quantitative estimate of drug-likeness (QED) is 0.690. The number of methoxy groups -OCH3 is 1. The number of aromatic nitrogens is 2. The molecule has 1 rings (SSSR count). The molecule has 1 heterocycles. The van der Waals surface area contributed by atoms with Crippen LogP contribution in [0.5, 0.6) is 5.88 Å². The van der Waals surface area contributed by atoms with Gasteiger partial charge in [-0.15, -0.1) is 0 Å². The Morgan fingerprint density at radius 3 is 2.58 bits per heavy atom. The Balaban J connectivity index is 2.17. The molecule has 0 amide bonds. The lowest BCUT2D eigenvalue weighted by molar-refractivity contribution is 0.396. The maximum atomic E-state index is 5.13. The van der Waals surface area contributed by atoms with Crippen LogP contribution >= 0.6 is 0 Å². The van der Waals surface area contributed by atoms with Crippen molar-refractivity contribution in [3.05, 3.63) is 11.9 Å². The zero-order valence-electron chi connectivity index (χ0n) is 12.7. The summed E-state index contributed by atoms with van der Waals surface area (Å²) in [5, 5.41) is 3.33. The summed E-state index contributed by atoms with van der Waals surface area (Å²) in [6.07, 6.45) is 6.48. The number of nitrogens with zero attached hydrogens (tertiary/aromatic N) is 2. The second kappa shape index (κ2) is 8.73. The lowest BCUT2D eigenvalue weighted by Crippen LogP contribution is -2.05. The van der Waals surface area contributed by atoms with Crippen molar-refractivity contribution in [1.82, 2.24) is 9.97 Å². The van der Waals surface area contributed by atoms with E-state index in [1.54, 1.807) is 7.11 Å². The maximum Gasteiger partial charge on any atom is 0.218 e. The highest BCUT2D eigenvalue weighted by Gasteiger charge is 2.01. The van der Waals surface area contributed by atoms with Gasteiger partial charge in [-0.25, -0.2) is 4.98 Å². The average molecular weight is 265 g/mol. The largest absolute Gasteiger partial charge is 0.481 e. The van der Waals surface area contributed by atoms with Crippen LogP contribution in [-0.2, 0) is 0 Å². The third-order valence-corrected chi connectivity index (χ3v) is 3.04. The number of hydrogen-bond donors (Lipinski definition) is 1. The maximum absolute atomic E-state index is 5.13. The Kier molecular flexibility index (Phi) is 7.23. The van der Waals surface area contributed by atoms with Crippen molar-refractivity contribution < 1.29 is 4.74 Å². The lowest BCUT2D eigenvalue weighted by atomic mass is 10.0. The number of nitrogens with one attached hydrogen (secondary N) is 1. The predicted molar refractivity (Wildman–Crippen MR) is 79.7 cm³/mol. The zero-order chi connectivity index (χ0) is 14.1. The van der Waals surface area contributed by atoms with E-state index in [1.807, 2.05) is 13.0 Å². The van der Waals surface area contributed by atoms with Crippen molar-refractivity contribution >= 4 is 5.82 Å². The molecule has 0 unspecified atom stereocenters. The number of anilines is 1. The highest BCUT2D eigenvalue weighted by Crippen LogP contribution is 2.13. The molecule has 0 saturated heterocycles. The standard InChI is InChI=1S/C15H27N3O/c1-12(2)9-7-5-6-8-10-16-14-11-15(19-4)18-13(3)17-14/h11-12H,5-10H2,1-4H3,(H,16,17,18). The molecule has 4 heteroatoms. The molecule has 1 aromatic heterocycles. The van der Waals surface area contributed by atoms with Gasteiger partial charge in [-0.2, -0.15) is 4.98 Å². The van der Waals surface area contributed by atoms with Gasteiger partial charge in [0, 0.05) is 12.6 Å². The number of rotatable bonds is 9. The van der Waals surface area contributed by atoms with Crippen molar-refractivity contribution in [2.75, 3.05) is 19.0 Å². The van der Waals surface area contributed by atoms with E-state index in [2.05, 4.69) is 29.1 Å². The molecule has 0 spiro atoms. The van der Waals surface area contributed by atoms with Crippen molar-refractivity contribution in [3.63, 3.8) is 0 Å². The molecule has 0 aliphatic heterocycles. The van der Waals surface area contributed by atoms with Crippen molar-refractivity contribution in [1.29, 1.82) is 0 Å². The summed E-state index contributed by atoms with van der Waals surface area (Å²) in [7, 11) is 1.63. The minimum atomic E-state index is 0.618. The summed E-state index contributed by atoms with van der Waals surface area (Å²) in [5.74, 6) is 3.03. The smallest absolute Gasteiger partial charge is 0.218 e. The van der Waals surface area contributed by atoms with Crippen LogP contribution in [0.4, 0.5) is 5.82 Å². The normalized spacial score (nSPS) is 10.8. The monoisotopic (exact) mass is 265 g/mol. The van der Waals surface area contributed by atoms with Crippen LogP contribution in [0.2, 0.25) is 0 Å².